The van der Waals surface area contributed by atoms with Crippen LogP contribution in [-0.2, 0) is 0 Å². The maximum absolute atomic E-state index is 10.3. The molecule has 0 saturated heterocycles. The van der Waals surface area contributed by atoms with Crippen molar-refractivity contribution >= 4 is 5.71 Å². The summed E-state index contributed by atoms with van der Waals surface area (Å²) in [4.78, 5) is 0. The minimum absolute atomic E-state index is 0.847. The van der Waals surface area contributed by atoms with E-state index >= 15 is 0 Å². The molecular weight excluding hydrogens is 90.1 g/mol. The average molecular weight is 101 g/mol. The van der Waals surface area contributed by atoms with Gasteiger partial charge in [-0.05, 0) is 0 Å². The van der Waals surface area contributed by atoms with Gasteiger partial charge >= 0.3 is 0 Å². The highest BCUT2D eigenvalue weighted by molar-refractivity contribution is 5.76. The zero-order chi connectivity index (χ0) is 5.86. The minimum atomic E-state index is 0.847. The van der Waals surface area contributed by atoms with Gasteiger partial charge in [0.1, 0.15) is 7.05 Å². The number of hydroxylamine groups is 1. The zero-order valence-electron chi connectivity index (χ0n) is 5.06. The molecule has 0 rings (SSSR count). The summed E-state index contributed by atoms with van der Waals surface area (Å²) in [6.45, 7) is 3.79. The van der Waals surface area contributed by atoms with Gasteiger partial charge in [-0.2, -0.15) is 0 Å². The Kier molecular flexibility index (Phi) is 2.41. The van der Waals surface area contributed by atoms with Crippen LogP contribution in [0.25, 0.3) is 0 Å². The van der Waals surface area contributed by atoms with E-state index in [0.29, 0.717) is 0 Å². The molecule has 0 fully saturated rings. The Morgan fingerprint density at radius 2 is 2.14 bits per heavy atom. The lowest BCUT2D eigenvalue weighted by atomic mass is 10.3. The predicted octanol–water partition coefficient (Wildman–Crippen LogP) is 0.997. The number of hydrogen-bond donors (Lipinski definition) is 0. The Hall–Kier alpha value is -0.530. The van der Waals surface area contributed by atoms with Crippen LogP contribution in [0.4, 0.5) is 0 Å². The Balaban J connectivity index is 3.72. The van der Waals surface area contributed by atoms with Gasteiger partial charge in [-0.1, -0.05) is 6.92 Å². The van der Waals surface area contributed by atoms with Gasteiger partial charge in [0.15, 0.2) is 5.71 Å². The van der Waals surface area contributed by atoms with Crippen LogP contribution in [-0.4, -0.2) is 17.5 Å². The van der Waals surface area contributed by atoms with Crippen molar-refractivity contribution in [2.45, 2.75) is 20.3 Å². The molecule has 0 heterocycles. The summed E-state index contributed by atoms with van der Waals surface area (Å²) in [5, 5.41) is 10.3. The minimum Gasteiger partial charge on any atom is -0.624 e. The predicted molar refractivity (Wildman–Crippen MR) is 30.5 cm³/mol. The molecule has 0 aromatic rings. The van der Waals surface area contributed by atoms with E-state index in [9.17, 15) is 5.21 Å². The number of rotatable bonds is 1. The Morgan fingerprint density at radius 1 is 1.71 bits per heavy atom. The van der Waals surface area contributed by atoms with E-state index in [1.54, 1.807) is 0 Å². The average Bonchev–Trinajstić information content (AvgIpc) is 1.65. The second-order valence-electron chi connectivity index (χ2n) is 1.59. The summed E-state index contributed by atoms with van der Waals surface area (Å²) in [6, 6.07) is 0. The molecule has 0 aliphatic carbocycles. The molecule has 0 aromatic carbocycles. The van der Waals surface area contributed by atoms with Crippen LogP contribution in [0.1, 0.15) is 20.3 Å². The van der Waals surface area contributed by atoms with Crippen LogP contribution in [0, 0.1) is 5.21 Å². The lowest BCUT2D eigenvalue weighted by Gasteiger charge is -1.97. The van der Waals surface area contributed by atoms with Crippen LogP contribution >= 0.6 is 0 Å². The molecule has 0 spiro atoms. The Labute approximate surface area is 44.1 Å². The molecule has 2 nitrogen and oxygen atoms in total. The first-order valence-corrected chi connectivity index (χ1v) is 2.41. The first-order chi connectivity index (χ1) is 3.18. The monoisotopic (exact) mass is 101 g/mol. The van der Waals surface area contributed by atoms with Crippen molar-refractivity contribution < 1.29 is 4.74 Å². The first-order valence-electron chi connectivity index (χ1n) is 2.41. The summed E-state index contributed by atoms with van der Waals surface area (Å²) in [5.74, 6) is 0. The molecule has 0 bridgehead atoms. The lowest BCUT2D eigenvalue weighted by Crippen LogP contribution is -2.04. The van der Waals surface area contributed by atoms with Crippen LogP contribution < -0.4 is 0 Å². The molecule has 0 atom stereocenters. The highest BCUT2D eigenvalue weighted by Gasteiger charge is 1.89. The summed E-state index contributed by atoms with van der Waals surface area (Å²) in [5.41, 5.74) is 0.875. The summed E-state index contributed by atoms with van der Waals surface area (Å²) >= 11 is 0. The van der Waals surface area contributed by atoms with Gasteiger partial charge < -0.3 is 5.21 Å². The van der Waals surface area contributed by atoms with Crippen molar-refractivity contribution in [1.82, 2.24) is 0 Å². The summed E-state index contributed by atoms with van der Waals surface area (Å²) < 4.78 is 0.889. The van der Waals surface area contributed by atoms with E-state index in [4.69, 9.17) is 0 Å². The molecule has 0 aromatic heterocycles. The molecule has 0 N–H and O–H groups in total. The third-order valence-corrected chi connectivity index (χ3v) is 1.05. The fourth-order valence-corrected chi connectivity index (χ4v) is 0.223. The third kappa shape index (κ3) is 2.20. The molecule has 0 aliphatic rings. The first kappa shape index (κ1) is 6.47. The van der Waals surface area contributed by atoms with Crippen LogP contribution in [0.2, 0.25) is 0 Å². The number of nitrogens with zero attached hydrogens (tertiary/aromatic N) is 1. The van der Waals surface area contributed by atoms with E-state index in [1.807, 2.05) is 13.8 Å². The fraction of sp³-hybridized carbons (Fsp3) is 0.800. The summed E-state index contributed by atoms with van der Waals surface area (Å²) in [6.07, 6.45) is 0.847. The van der Waals surface area contributed by atoms with Crippen molar-refractivity contribution in [3.63, 3.8) is 0 Å². The molecule has 0 unspecified atom stereocenters. The zero-order valence-corrected chi connectivity index (χ0v) is 5.06. The van der Waals surface area contributed by atoms with Crippen molar-refractivity contribution in [3.05, 3.63) is 5.21 Å². The van der Waals surface area contributed by atoms with E-state index in [0.717, 1.165) is 16.9 Å². The lowest BCUT2D eigenvalue weighted by molar-refractivity contribution is -0.424. The largest absolute Gasteiger partial charge is 0.624 e. The molecule has 42 valence electrons. The molecule has 0 amide bonds. The topological polar surface area (TPSA) is 26.1 Å². The summed E-state index contributed by atoms with van der Waals surface area (Å²) in [7, 11) is 1.51. The van der Waals surface area contributed by atoms with Gasteiger partial charge in [-0.25, -0.2) is 4.74 Å². The normalized spacial score (nSPS) is 13.6. The van der Waals surface area contributed by atoms with Crippen LogP contribution in [0.5, 0.6) is 0 Å². The van der Waals surface area contributed by atoms with Gasteiger partial charge in [0.05, 0.1) is 0 Å². The van der Waals surface area contributed by atoms with Crippen molar-refractivity contribution in [2.75, 3.05) is 7.05 Å². The highest BCUT2D eigenvalue weighted by Crippen LogP contribution is 1.79. The van der Waals surface area contributed by atoms with Gasteiger partial charge in [0.25, 0.3) is 0 Å². The molecule has 0 radical (unpaired) electrons. The van der Waals surface area contributed by atoms with E-state index < -0.39 is 0 Å². The van der Waals surface area contributed by atoms with Crippen molar-refractivity contribution in [2.24, 2.45) is 0 Å². The van der Waals surface area contributed by atoms with Gasteiger partial charge in [-0.3, -0.25) is 0 Å². The maximum Gasteiger partial charge on any atom is 0.159 e. The second kappa shape index (κ2) is 2.61. The number of hydrogen-bond acceptors (Lipinski definition) is 1. The molecule has 7 heavy (non-hydrogen) atoms. The molecule has 0 aliphatic heterocycles. The SMILES string of the molecule is CC/C(C)=[N+](/C)[O-]. The van der Waals surface area contributed by atoms with Crippen LogP contribution in [0.15, 0.2) is 0 Å². The second-order valence-corrected chi connectivity index (χ2v) is 1.59. The van der Waals surface area contributed by atoms with Gasteiger partial charge in [0.2, 0.25) is 0 Å². The Morgan fingerprint density at radius 3 is 2.14 bits per heavy atom. The Bertz CT molecular complexity index is 82.1. The van der Waals surface area contributed by atoms with E-state index in [-0.39, 0.29) is 0 Å². The van der Waals surface area contributed by atoms with Crippen molar-refractivity contribution in [1.29, 1.82) is 0 Å². The van der Waals surface area contributed by atoms with E-state index in [2.05, 4.69) is 0 Å². The van der Waals surface area contributed by atoms with E-state index in [1.165, 1.54) is 7.05 Å². The maximum atomic E-state index is 10.3. The molecule has 0 saturated carbocycles. The highest BCUT2D eigenvalue weighted by atomic mass is 16.5. The molecular formula is C5H11NO. The quantitative estimate of drug-likeness (QED) is 0.209. The van der Waals surface area contributed by atoms with Gasteiger partial charge in [-0.15, -0.1) is 0 Å². The molecule has 2 heteroatoms. The van der Waals surface area contributed by atoms with Crippen LogP contribution in [0.3, 0.4) is 0 Å². The van der Waals surface area contributed by atoms with Gasteiger partial charge in [0, 0.05) is 13.3 Å². The third-order valence-electron chi connectivity index (χ3n) is 1.05. The standard InChI is InChI=1S/C5H11NO/c1-4-5(2)6(3)7/h4H2,1-3H3/b6-5-. The fourth-order valence-electron chi connectivity index (χ4n) is 0.223. The van der Waals surface area contributed by atoms with Crippen molar-refractivity contribution in [3.8, 4) is 0 Å². The smallest absolute Gasteiger partial charge is 0.159 e.